The summed E-state index contributed by atoms with van der Waals surface area (Å²) in [5, 5.41) is 12.4. The zero-order valence-corrected chi connectivity index (χ0v) is 15.3. The van der Waals surface area contributed by atoms with Gasteiger partial charge in [-0.1, -0.05) is 12.8 Å². The number of hydrogen-bond donors (Lipinski definition) is 2. The quantitative estimate of drug-likeness (QED) is 0.866. The maximum absolute atomic E-state index is 13.0. The van der Waals surface area contributed by atoms with Crippen molar-refractivity contribution in [2.75, 3.05) is 0 Å². The van der Waals surface area contributed by atoms with Crippen molar-refractivity contribution in [3.8, 4) is 0 Å². The molecular formula is C20H26N2O4. The van der Waals surface area contributed by atoms with Crippen molar-refractivity contribution >= 4 is 17.8 Å². The Labute approximate surface area is 153 Å². The standard InChI is InChI=1S/C20H26N2O4/c1-12(2)21-18(23)13-7-9-14(10-8-13)19(24)22-16-6-4-3-5-15(16)11-17(22)20(25)26/h7-10,12,15-17H,3-6,11H2,1-2H3,(H,21,23)(H,25,26). The fourth-order valence-corrected chi connectivity index (χ4v) is 4.23. The molecule has 0 bridgehead atoms. The highest BCUT2D eigenvalue weighted by Crippen LogP contribution is 2.40. The molecular weight excluding hydrogens is 332 g/mol. The molecule has 6 nitrogen and oxygen atoms in total. The Morgan fingerprint density at radius 2 is 1.69 bits per heavy atom. The van der Waals surface area contributed by atoms with Gasteiger partial charge in [0, 0.05) is 23.2 Å². The third-order valence-electron chi connectivity index (χ3n) is 5.42. The molecule has 1 aliphatic carbocycles. The second kappa shape index (κ2) is 7.48. The highest BCUT2D eigenvalue weighted by Gasteiger charge is 2.47. The lowest BCUT2D eigenvalue weighted by Gasteiger charge is -2.33. The number of fused-ring (bicyclic) bond motifs is 1. The number of amides is 2. The van der Waals surface area contributed by atoms with E-state index < -0.39 is 12.0 Å². The van der Waals surface area contributed by atoms with Crippen molar-refractivity contribution in [2.24, 2.45) is 5.92 Å². The van der Waals surface area contributed by atoms with Crippen LogP contribution in [0.4, 0.5) is 0 Å². The van der Waals surface area contributed by atoms with Crippen LogP contribution in [0.25, 0.3) is 0 Å². The van der Waals surface area contributed by atoms with E-state index in [1.54, 1.807) is 29.2 Å². The Morgan fingerprint density at radius 1 is 1.08 bits per heavy atom. The maximum Gasteiger partial charge on any atom is 0.326 e. The van der Waals surface area contributed by atoms with Crippen molar-refractivity contribution in [3.63, 3.8) is 0 Å². The summed E-state index contributed by atoms with van der Waals surface area (Å²) in [5.41, 5.74) is 0.922. The number of benzene rings is 1. The molecule has 2 fully saturated rings. The highest BCUT2D eigenvalue weighted by atomic mass is 16.4. The van der Waals surface area contributed by atoms with Crippen LogP contribution in [0.5, 0.6) is 0 Å². The van der Waals surface area contributed by atoms with E-state index in [4.69, 9.17) is 0 Å². The SMILES string of the molecule is CC(C)NC(=O)c1ccc(C(=O)N2C(C(=O)O)CC3CCCCC32)cc1. The number of hydrogen-bond acceptors (Lipinski definition) is 3. The lowest BCUT2D eigenvalue weighted by molar-refractivity contribution is -0.141. The molecule has 1 saturated carbocycles. The first-order valence-electron chi connectivity index (χ1n) is 9.35. The van der Waals surface area contributed by atoms with Gasteiger partial charge < -0.3 is 15.3 Å². The third kappa shape index (κ3) is 3.59. The van der Waals surface area contributed by atoms with Crippen LogP contribution in [0, 0.1) is 5.92 Å². The summed E-state index contributed by atoms with van der Waals surface area (Å²) in [7, 11) is 0. The number of rotatable bonds is 4. The summed E-state index contributed by atoms with van der Waals surface area (Å²) >= 11 is 0. The van der Waals surface area contributed by atoms with Gasteiger partial charge in [0.05, 0.1) is 0 Å². The smallest absolute Gasteiger partial charge is 0.326 e. The molecule has 6 heteroatoms. The van der Waals surface area contributed by atoms with E-state index in [1.165, 1.54) is 0 Å². The Hall–Kier alpha value is -2.37. The van der Waals surface area contributed by atoms with Gasteiger partial charge in [0.1, 0.15) is 6.04 Å². The van der Waals surface area contributed by atoms with Crippen molar-refractivity contribution in [1.82, 2.24) is 10.2 Å². The van der Waals surface area contributed by atoms with E-state index >= 15 is 0 Å². The number of likely N-dealkylation sites (tertiary alicyclic amines) is 1. The summed E-state index contributed by atoms with van der Waals surface area (Å²) < 4.78 is 0. The minimum absolute atomic E-state index is 0.0151. The van der Waals surface area contributed by atoms with Gasteiger partial charge in [0.2, 0.25) is 0 Å². The van der Waals surface area contributed by atoms with Crippen LogP contribution in [-0.2, 0) is 4.79 Å². The zero-order valence-electron chi connectivity index (χ0n) is 15.3. The van der Waals surface area contributed by atoms with Gasteiger partial charge in [-0.05, 0) is 63.3 Å². The molecule has 3 rings (SSSR count). The summed E-state index contributed by atoms with van der Waals surface area (Å²) in [5.74, 6) is -1.08. The monoisotopic (exact) mass is 358 g/mol. The lowest BCUT2D eigenvalue weighted by atomic mass is 9.84. The number of nitrogens with one attached hydrogen (secondary N) is 1. The molecule has 1 saturated heterocycles. The van der Waals surface area contributed by atoms with Crippen LogP contribution in [0.15, 0.2) is 24.3 Å². The average Bonchev–Trinajstić information content (AvgIpc) is 3.00. The molecule has 0 spiro atoms. The van der Waals surface area contributed by atoms with E-state index in [9.17, 15) is 19.5 Å². The van der Waals surface area contributed by atoms with Crippen LogP contribution in [-0.4, -0.2) is 45.9 Å². The van der Waals surface area contributed by atoms with Crippen LogP contribution in [0.1, 0.15) is 66.7 Å². The van der Waals surface area contributed by atoms with Gasteiger partial charge in [0.15, 0.2) is 0 Å². The highest BCUT2D eigenvalue weighted by molar-refractivity contribution is 5.99. The number of carbonyl (C=O) groups is 3. The first-order valence-corrected chi connectivity index (χ1v) is 9.35. The van der Waals surface area contributed by atoms with Crippen molar-refractivity contribution < 1.29 is 19.5 Å². The van der Waals surface area contributed by atoms with Gasteiger partial charge in [-0.25, -0.2) is 4.79 Å². The Balaban J connectivity index is 1.80. The zero-order chi connectivity index (χ0) is 18.8. The first-order chi connectivity index (χ1) is 12.4. The van der Waals surface area contributed by atoms with Crippen molar-refractivity contribution in [2.45, 2.75) is 64.1 Å². The van der Waals surface area contributed by atoms with Crippen LogP contribution < -0.4 is 5.32 Å². The Morgan fingerprint density at radius 3 is 2.31 bits per heavy atom. The third-order valence-corrected chi connectivity index (χ3v) is 5.42. The predicted octanol–water partition coefficient (Wildman–Crippen LogP) is 2.68. The first kappa shape index (κ1) is 18.4. The number of carboxylic acids is 1. The fourth-order valence-electron chi connectivity index (χ4n) is 4.23. The van der Waals surface area contributed by atoms with Gasteiger partial charge in [-0.2, -0.15) is 0 Å². The van der Waals surface area contributed by atoms with Gasteiger partial charge in [0.25, 0.3) is 11.8 Å². The number of aliphatic carboxylic acids is 1. The van der Waals surface area contributed by atoms with Crippen molar-refractivity contribution in [3.05, 3.63) is 35.4 Å². The number of carboxylic acid groups (broad SMARTS) is 1. The molecule has 2 amide bonds. The molecule has 1 heterocycles. The van der Waals surface area contributed by atoms with Gasteiger partial charge >= 0.3 is 5.97 Å². The molecule has 2 N–H and O–H groups in total. The fraction of sp³-hybridized carbons (Fsp3) is 0.550. The maximum atomic E-state index is 13.0. The molecule has 140 valence electrons. The van der Waals surface area contributed by atoms with Crippen LogP contribution >= 0.6 is 0 Å². The second-order valence-electron chi connectivity index (χ2n) is 7.62. The van der Waals surface area contributed by atoms with Crippen molar-refractivity contribution in [1.29, 1.82) is 0 Å². The lowest BCUT2D eigenvalue weighted by Crippen LogP contribution is -2.46. The topological polar surface area (TPSA) is 86.7 Å². The van der Waals surface area contributed by atoms with Gasteiger partial charge in [-0.15, -0.1) is 0 Å². The predicted molar refractivity (Wildman–Crippen MR) is 97.0 cm³/mol. The molecule has 3 atom stereocenters. The normalized spacial score (nSPS) is 25.0. The number of carbonyl (C=O) groups excluding carboxylic acids is 2. The van der Waals surface area contributed by atoms with E-state index in [1.807, 2.05) is 13.8 Å². The minimum Gasteiger partial charge on any atom is -0.480 e. The Kier molecular flexibility index (Phi) is 5.30. The van der Waals surface area contributed by atoms with E-state index in [-0.39, 0.29) is 29.8 Å². The second-order valence-corrected chi connectivity index (χ2v) is 7.62. The van der Waals surface area contributed by atoms with Crippen LogP contribution in [0.3, 0.4) is 0 Å². The van der Waals surface area contributed by atoms with E-state index in [2.05, 4.69) is 5.32 Å². The molecule has 1 aliphatic heterocycles. The minimum atomic E-state index is -0.930. The molecule has 0 radical (unpaired) electrons. The number of nitrogens with zero attached hydrogens (tertiary/aromatic N) is 1. The molecule has 3 unspecified atom stereocenters. The van der Waals surface area contributed by atoms with E-state index in [0.717, 1.165) is 25.7 Å². The molecule has 1 aromatic carbocycles. The summed E-state index contributed by atoms with van der Waals surface area (Å²) in [6.07, 6.45) is 4.54. The summed E-state index contributed by atoms with van der Waals surface area (Å²) in [4.78, 5) is 38.3. The summed E-state index contributed by atoms with van der Waals surface area (Å²) in [6.45, 7) is 3.77. The molecule has 1 aromatic rings. The molecule has 2 aliphatic rings. The Bertz CT molecular complexity index is 698. The largest absolute Gasteiger partial charge is 0.480 e. The van der Waals surface area contributed by atoms with E-state index in [0.29, 0.717) is 17.5 Å². The molecule has 26 heavy (non-hydrogen) atoms. The molecule has 0 aromatic heterocycles. The summed E-state index contributed by atoms with van der Waals surface area (Å²) in [6, 6.07) is 5.78. The van der Waals surface area contributed by atoms with Crippen LogP contribution in [0.2, 0.25) is 0 Å². The average molecular weight is 358 g/mol. The van der Waals surface area contributed by atoms with Gasteiger partial charge in [-0.3, -0.25) is 9.59 Å².